The van der Waals surface area contributed by atoms with E-state index in [-0.39, 0.29) is 5.41 Å². The first-order chi connectivity index (χ1) is 23.9. The summed E-state index contributed by atoms with van der Waals surface area (Å²) in [7, 11) is 0. The van der Waals surface area contributed by atoms with Gasteiger partial charge < -0.3 is 9.13 Å². The van der Waals surface area contributed by atoms with Crippen molar-refractivity contribution in [1.82, 2.24) is 9.13 Å². The summed E-state index contributed by atoms with van der Waals surface area (Å²) >= 11 is 1.88. The maximum atomic E-state index is 2.46. The van der Waals surface area contributed by atoms with E-state index in [1.165, 1.54) is 86.2 Å². The summed E-state index contributed by atoms with van der Waals surface area (Å²) in [5.74, 6) is 0. The van der Waals surface area contributed by atoms with E-state index in [4.69, 9.17) is 0 Å². The standard InChI is InChI=1S/C46H34N2S/c1-46(2,3)31-20-16-29(17-21-31)30-18-22-32(23-19-30)47-38-13-7-4-10-34(38)37-28-33(24-25-40(37)47)48-39-14-8-5-11-35(39)44-41(48)26-27-43-45(44)36-12-6-9-15-42(36)49-43/h4-28H,1-3H3. The molecule has 0 aliphatic heterocycles. The zero-order chi connectivity index (χ0) is 32.9. The van der Waals surface area contributed by atoms with Crippen LogP contribution in [0.25, 0.3) is 86.3 Å². The molecule has 0 amide bonds. The third-order valence-corrected chi connectivity index (χ3v) is 11.4. The number of benzene rings is 7. The molecule has 0 fully saturated rings. The Labute approximate surface area is 289 Å². The first kappa shape index (κ1) is 28.4. The number of nitrogens with zero attached hydrogens (tertiary/aromatic N) is 2. The maximum Gasteiger partial charge on any atom is 0.0548 e. The monoisotopic (exact) mass is 646 g/mol. The minimum atomic E-state index is 0.145. The summed E-state index contributed by atoms with van der Waals surface area (Å²) in [6.07, 6.45) is 0. The number of thiophene rings is 1. The van der Waals surface area contributed by atoms with Crippen molar-refractivity contribution in [2.24, 2.45) is 0 Å². The van der Waals surface area contributed by atoms with Gasteiger partial charge in [0.05, 0.1) is 22.1 Å². The Morgan fingerprint density at radius 2 is 0.959 bits per heavy atom. The Balaban J connectivity index is 1.15. The highest BCUT2D eigenvalue weighted by atomic mass is 32.1. The molecule has 0 N–H and O–H groups in total. The predicted molar refractivity (Wildman–Crippen MR) is 212 cm³/mol. The van der Waals surface area contributed by atoms with Crippen molar-refractivity contribution in [2.75, 3.05) is 0 Å². The van der Waals surface area contributed by atoms with E-state index in [1.807, 2.05) is 11.3 Å². The van der Waals surface area contributed by atoms with Crippen molar-refractivity contribution in [1.29, 1.82) is 0 Å². The molecule has 0 spiro atoms. The minimum absolute atomic E-state index is 0.145. The van der Waals surface area contributed by atoms with Gasteiger partial charge in [-0.05, 0) is 82.8 Å². The zero-order valence-corrected chi connectivity index (χ0v) is 28.6. The van der Waals surface area contributed by atoms with Crippen LogP contribution in [-0.2, 0) is 5.41 Å². The van der Waals surface area contributed by atoms with Gasteiger partial charge >= 0.3 is 0 Å². The van der Waals surface area contributed by atoms with Gasteiger partial charge in [0.15, 0.2) is 0 Å². The zero-order valence-electron chi connectivity index (χ0n) is 27.7. The van der Waals surface area contributed by atoms with E-state index >= 15 is 0 Å². The first-order valence-corrected chi connectivity index (χ1v) is 17.8. The third-order valence-electron chi connectivity index (χ3n) is 10.3. The van der Waals surface area contributed by atoms with Crippen LogP contribution in [0.4, 0.5) is 0 Å². The van der Waals surface area contributed by atoms with E-state index in [9.17, 15) is 0 Å². The van der Waals surface area contributed by atoms with Crippen molar-refractivity contribution in [3.63, 3.8) is 0 Å². The molecule has 10 aromatic rings. The van der Waals surface area contributed by atoms with Gasteiger partial charge in [0, 0.05) is 53.1 Å². The molecule has 0 atom stereocenters. The molecule has 3 heteroatoms. The lowest BCUT2D eigenvalue weighted by molar-refractivity contribution is 0.590. The quantitative estimate of drug-likeness (QED) is 0.181. The normalized spacial score (nSPS) is 12.4. The van der Waals surface area contributed by atoms with E-state index in [0.29, 0.717) is 0 Å². The second-order valence-electron chi connectivity index (χ2n) is 14.2. The van der Waals surface area contributed by atoms with Gasteiger partial charge in [0.2, 0.25) is 0 Å². The van der Waals surface area contributed by atoms with Gasteiger partial charge in [-0.2, -0.15) is 0 Å². The van der Waals surface area contributed by atoms with Crippen LogP contribution in [0.1, 0.15) is 26.3 Å². The highest BCUT2D eigenvalue weighted by molar-refractivity contribution is 7.26. The van der Waals surface area contributed by atoms with Gasteiger partial charge in [0.25, 0.3) is 0 Å². The molecule has 0 radical (unpaired) electrons. The van der Waals surface area contributed by atoms with E-state index in [2.05, 4.69) is 182 Å². The van der Waals surface area contributed by atoms with Gasteiger partial charge in [-0.1, -0.05) is 112 Å². The van der Waals surface area contributed by atoms with Crippen molar-refractivity contribution in [3.8, 4) is 22.5 Å². The van der Waals surface area contributed by atoms with Gasteiger partial charge in [0.1, 0.15) is 0 Å². The summed E-state index contributed by atoms with van der Waals surface area (Å²) in [6, 6.07) is 56.2. The molecule has 0 aliphatic rings. The highest BCUT2D eigenvalue weighted by Gasteiger charge is 2.19. The van der Waals surface area contributed by atoms with Gasteiger partial charge in [-0.25, -0.2) is 0 Å². The number of hydrogen-bond acceptors (Lipinski definition) is 1. The molecule has 0 unspecified atom stereocenters. The molecule has 3 aromatic heterocycles. The van der Waals surface area contributed by atoms with Crippen LogP contribution in [0.2, 0.25) is 0 Å². The number of fused-ring (bicyclic) bond motifs is 10. The molecule has 10 rings (SSSR count). The Kier molecular flexibility index (Phi) is 6.04. The van der Waals surface area contributed by atoms with Crippen LogP contribution in [0.15, 0.2) is 152 Å². The smallest absolute Gasteiger partial charge is 0.0548 e. The fourth-order valence-corrected chi connectivity index (χ4v) is 9.01. The average molecular weight is 647 g/mol. The molecule has 0 aliphatic carbocycles. The lowest BCUT2D eigenvalue weighted by Gasteiger charge is -2.19. The fourth-order valence-electron chi connectivity index (χ4n) is 7.90. The third kappa shape index (κ3) is 4.25. The molecule has 0 bridgehead atoms. The largest absolute Gasteiger partial charge is 0.309 e. The van der Waals surface area contributed by atoms with Gasteiger partial charge in [-0.3, -0.25) is 0 Å². The van der Waals surface area contributed by atoms with Crippen molar-refractivity contribution in [2.45, 2.75) is 26.2 Å². The summed E-state index contributed by atoms with van der Waals surface area (Å²) in [4.78, 5) is 0. The minimum Gasteiger partial charge on any atom is -0.309 e. The molecule has 0 saturated heterocycles. The fraction of sp³-hybridized carbons (Fsp3) is 0.0870. The van der Waals surface area contributed by atoms with Crippen LogP contribution in [0.3, 0.4) is 0 Å². The number of rotatable bonds is 3. The summed E-state index contributed by atoms with van der Waals surface area (Å²) in [5.41, 5.74) is 11.2. The second-order valence-corrected chi connectivity index (χ2v) is 15.3. The molecule has 2 nitrogen and oxygen atoms in total. The van der Waals surface area contributed by atoms with E-state index in [1.54, 1.807) is 0 Å². The molecule has 0 saturated carbocycles. The lowest BCUT2D eigenvalue weighted by atomic mass is 9.86. The van der Waals surface area contributed by atoms with Crippen molar-refractivity contribution in [3.05, 3.63) is 157 Å². The summed E-state index contributed by atoms with van der Waals surface area (Å²) in [5, 5.41) is 7.83. The van der Waals surface area contributed by atoms with Crippen LogP contribution in [-0.4, -0.2) is 9.13 Å². The Morgan fingerprint density at radius 1 is 0.408 bits per heavy atom. The van der Waals surface area contributed by atoms with Crippen LogP contribution >= 0.6 is 11.3 Å². The first-order valence-electron chi connectivity index (χ1n) is 17.0. The Morgan fingerprint density at radius 3 is 1.69 bits per heavy atom. The summed E-state index contributed by atoms with van der Waals surface area (Å²) < 4.78 is 7.54. The topological polar surface area (TPSA) is 9.86 Å². The molecule has 3 heterocycles. The van der Waals surface area contributed by atoms with E-state index < -0.39 is 0 Å². The molecular formula is C46H34N2S. The Bertz CT molecular complexity index is 2890. The van der Waals surface area contributed by atoms with Gasteiger partial charge in [-0.15, -0.1) is 11.3 Å². The SMILES string of the molecule is CC(C)(C)c1ccc(-c2ccc(-n3c4ccccc4c4cc(-n5c6ccccc6c6c7c(ccc65)sc5ccccc57)ccc43)cc2)cc1. The molecule has 7 aromatic carbocycles. The summed E-state index contributed by atoms with van der Waals surface area (Å²) in [6.45, 7) is 6.79. The van der Waals surface area contributed by atoms with Crippen LogP contribution in [0, 0.1) is 0 Å². The van der Waals surface area contributed by atoms with Crippen molar-refractivity contribution < 1.29 is 0 Å². The average Bonchev–Trinajstić information content (AvgIpc) is 3.79. The predicted octanol–water partition coefficient (Wildman–Crippen LogP) is 13.2. The second kappa shape index (κ2) is 10.4. The lowest BCUT2D eigenvalue weighted by Crippen LogP contribution is -2.10. The number of para-hydroxylation sites is 2. The highest BCUT2D eigenvalue weighted by Crippen LogP contribution is 2.44. The van der Waals surface area contributed by atoms with Crippen molar-refractivity contribution >= 4 is 75.1 Å². The molecule has 49 heavy (non-hydrogen) atoms. The number of hydrogen-bond donors (Lipinski definition) is 0. The maximum absolute atomic E-state index is 2.46. The van der Waals surface area contributed by atoms with Crippen LogP contribution < -0.4 is 0 Å². The Hall–Kier alpha value is -5.64. The molecule has 234 valence electrons. The molecular weight excluding hydrogens is 613 g/mol. The number of aromatic nitrogens is 2. The van der Waals surface area contributed by atoms with E-state index in [0.717, 1.165) is 5.69 Å². The van der Waals surface area contributed by atoms with Crippen LogP contribution in [0.5, 0.6) is 0 Å².